The van der Waals surface area contributed by atoms with Gasteiger partial charge in [0.2, 0.25) is 0 Å². The van der Waals surface area contributed by atoms with Gasteiger partial charge in [0.15, 0.2) is 6.61 Å². The Balaban J connectivity index is 1.76. The Morgan fingerprint density at radius 3 is 2.17 bits per heavy atom. The molecule has 23 heavy (non-hydrogen) atoms. The van der Waals surface area contributed by atoms with Crippen molar-refractivity contribution in [1.29, 1.82) is 0 Å². The lowest BCUT2D eigenvalue weighted by Gasteiger charge is -2.08. The fourth-order valence-electron chi connectivity index (χ4n) is 1.62. The molecular formula is C16H13BrN2O4. The zero-order chi connectivity index (χ0) is 16.7. The third-order valence-corrected chi connectivity index (χ3v) is 3.29. The molecule has 0 fully saturated rings. The Kier molecular flexibility index (Phi) is 5.87. The van der Waals surface area contributed by atoms with Crippen molar-refractivity contribution in [1.82, 2.24) is 10.9 Å². The highest BCUT2D eigenvalue weighted by atomic mass is 79.9. The summed E-state index contributed by atoms with van der Waals surface area (Å²) in [6.45, 7) is -0.492. The minimum Gasteiger partial charge on any atom is -0.452 e. The Morgan fingerprint density at radius 1 is 0.870 bits per heavy atom. The Hall–Kier alpha value is -2.67. The summed E-state index contributed by atoms with van der Waals surface area (Å²) in [5, 5.41) is 0. The SMILES string of the molecule is O=C(COC(=O)c1ccccc1)NNC(=O)c1ccc(Br)cc1. The van der Waals surface area contributed by atoms with Crippen LogP contribution in [-0.4, -0.2) is 24.4 Å². The van der Waals surface area contributed by atoms with Gasteiger partial charge in [0, 0.05) is 10.0 Å². The van der Waals surface area contributed by atoms with Gasteiger partial charge in [-0.2, -0.15) is 0 Å². The molecule has 7 heteroatoms. The highest BCUT2D eigenvalue weighted by Crippen LogP contribution is 2.10. The predicted octanol–water partition coefficient (Wildman–Crippen LogP) is 2.07. The molecule has 2 amide bonds. The number of nitrogens with one attached hydrogen (secondary N) is 2. The lowest BCUT2D eigenvalue weighted by Crippen LogP contribution is -2.43. The minimum absolute atomic E-state index is 0.346. The number of hydrogen-bond acceptors (Lipinski definition) is 4. The van der Waals surface area contributed by atoms with Crippen LogP contribution in [0.4, 0.5) is 0 Å². The van der Waals surface area contributed by atoms with Gasteiger partial charge in [0.25, 0.3) is 11.8 Å². The summed E-state index contributed by atoms with van der Waals surface area (Å²) in [6, 6.07) is 14.9. The number of carbonyl (C=O) groups excluding carboxylic acids is 3. The van der Waals surface area contributed by atoms with Crippen LogP contribution in [0.15, 0.2) is 59.1 Å². The molecule has 0 heterocycles. The molecule has 0 unspecified atom stereocenters. The summed E-state index contributed by atoms with van der Waals surface area (Å²) >= 11 is 3.26. The van der Waals surface area contributed by atoms with Gasteiger partial charge in [-0.3, -0.25) is 20.4 Å². The molecular weight excluding hydrogens is 364 g/mol. The van der Waals surface area contributed by atoms with Crippen LogP contribution in [0.3, 0.4) is 0 Å². The van der Waals surface area contributed by atoms with E-state index in [0.717, 1.165) is 4.47 Å². The molecule has 0 aromatic heterocycles. The molecule has 0 bridgehead atoms. The molecule has 2 aromatic carbocycles. The molecule has 0 aliphatic carbocycles. The number of esters is 1. The maximum absolute atomic E-state index is 11.8. The standard InChI is InChI=1S/C16H13BrN2O4/c17-13-8-6-11(7-9-13)15(21)19-18-14(20)10-23-16(22)12-4-2-1-3-5-12/h1-9H,10H2,(H,18,20)(H,19,21). The van der Waals surface area contributed by atoms with Gasteiger partial charge < -0.3 is 4.74 Å². The van der Waals surface area contributed by atoms with Gasteiger partial charge in [-0.15, -0.1) is 0 Å². The highest BCUT2D eigenvalue weighted by molar-refractivity contribution is 9.10. The molecule has 0 saturated heterocycles. The van der Waals surface area contributed by atoms with Crippen LogP contribution in [0.2, 0.25) is 0 Å². The molecule has 0 saturated carbocycles. The normalized spacial score (nSPS) is 9.78. The van der Waals surface area contributed by atoms with E-state index in [1.165, 1.54) is 0 Å². The van der Waals surface area contributed by atoms with Crippen LogP contribution in [-0.2, 0) is 9.53 Å². The fraction of sp³-hybridized carbons (Fsp3) is 0.0625. The van der Waals surface area contributed by atoms with Crippen LogP contribution in [0.1, 0.15) is 20.7 Å². The topological polar surface area (TPSA) is 84.5 Å². The van der Waals surface area contributed by atoms with Gasteiger partial charge >= 0.3 is 5.97 Å². The molecule has 2 N–H and O–H groups in total. The van der Waals surface area contributed by atoms with E-state index in [1.54, 1.807) is 54.6 Å². The minimum atomic E-state index is -0.639. The molecule has 2 rings (SSSR count). The van der Waals surface area contributed by atoms with Gasteiger partial charge in [-0.05, 0) is 36.4 Å². The lowest BCUT2D eigenvalue weighted by atomic mass is 10.2. The van der Waals surface area contributed by atoms with Crippen molar-refractivity contribution in [2.75, 3.05) is 6.61 Å². The summed E-state index contributed by atoms with van der Waals surface area (Å²) in [6.07, 6.45) is 0. The zero-order valence-corrected chi connectivity index (χ0v) is 13.5. The zero-order valence-electron chi connectivity index (χ0n) is 11.9. The molecule has 2 aromatic rings. The molecule has 118 valence electrons. The number of hydrazine groups is 1. The van der Waals surface area contributed by atoms with Crippen molar-refractivity contribution < 1.29 is 19.1 Å². The van der Waals surface area contributed by atoms with Crippen molar-refractivity contribution >= 4 is 33.7 Å². The van der Waals surface area contributed by atoms with E-state index in [1.807, 2.05) is 0 Å². The largest absolute Gasteiger partial charge is 0.452 e. The second-order valence-corrected chi connectivity index (χ2v) is 5.37. The van der Waals surface area contributed by atoms with E-state index in [-0.39, 0.29) is 0 Å². The van der Waals surface area contributed by atoms with Crippen molar-refractivity contribution in [2.45, 2.75) is 0 Å². The third-order valence-electron chi connectivity index (χ3n) is 2.77. The first-order valence-corrected chi connectivity index (χ1v) is 7.42. The predicted molar refractivity (Wildman–Crippen MR) is 86.5 cm³/mol. The summed E-state index contributed by atoms with van der Waals surface area (Å²) in [5.41, 5.74) is 5.14. The summed E-state index contributed by atoms with van der Waals surface area (Å²) in [7, 11) is 0. The van der Waals surface area contributed by atoms with Crippen molar-refractivity contribution in [3.05, 3.63) is 70.2 Å². The first kappa shape index (κ1) is 16.7. The Morgan fingerprint density at radius 2 is 1.52 bits per heavy atom. The average molecular weight is 377 g/mol. The summed E-state index contributed by atoms with van der Waals surface area (Å²) < 4.78 is 5.67. The number of rotatable bonds is 4. The van der Waals surface area contributed by atoms with Gasteiger partial charge in [0.1, 0.15) is 0 Å². The number of ether oxygens (including phenoxy) is 1. The highest BCUT2D eigenvalue weighted by Gasteiger charge is 2.11. The second kappa shape index (κ2) is 8.09. The van der Waals surface area contributed by atoms with E-state index in [0.29, 0.717) is 11.1 Å². The van der Waals surface area contributed by atoms with Crippen LogP contribution in [0.25, 0.3) is 0 Å². The lowest BCUT2D eigenvalue weighted by molar-refractivity contribution is -0.125. The van der Waals surface area contributed by atoms with Crippen molar-refractivity contribution in [3.63, 3.8) is 0 Å². The molecule has 6 nitrogen and oxygen atoms in total. The number of carbonyl (C=O) groups is 3. The third kappa shape index (κ3) is 5.23. The Labute approximate surface area is 140 Å². The van der Waals surface area contributed by atoms with Crippen LogP contribution >= 0.6 is 15.9 Å². The molecule has 0 spiro atoms. The van der Waals surface area contributed by atoms with Crippen molar-refractivity contribution in [3.8, 4) is 0 Å². The first-order valence-electron chi connectivity index (χ1n) is 6.63. The molecule has 0 aliphatic rings. The van der Waals surface area contributed by atoms with Crippen LogP contribution in [0.5, 0.6) is 0 Å². The smallest absolute Gasteiger partial charge is 0.338 e. The van der Waals surface area contributed by atoms with Gasteiger partial charge in [0.05, 0.1) is 5.56 Å². The average Bonchev–Trinajstić information content (AvgIpc) is 2.59. The summed E-state index contributed by atoms with van der Waals surface area (Å²) in [4.78, 5) is 35.0. The van der Waals surface area contributed by atoms with Crippen LogP contribution in [0, 0.1) is 0 Å². The van der Waals surface area contributed by atoms with E-state index in [9.17, 15) is 14.4 Å². The Bertz CT molecular complexity index is 702. The number of benzene rings is 2. The second-order valence-electron chi connectivity index (χ2n) is 4.45. The molecule has 0 radical (unpaired) electrons. The van der Waals surface area contributed by atoms with E-state index >= 15 is 0 Å². The maximum atomic E-state index is 11.8. The maximum Gasteiger partial charge on any atom is 0.338 e. The van der Waals surface area contributed by atoms with E-state index in [2.05, 4.69) is 26.8 Å². The quantitative estimate of drug-likeness (QED) is 0.631. The van der Waals surface area contributed by atoms with Gasteiger partial charge in [-0.25, -0.2) is 4.79 Å². The fourth-order valence-corrected chi connectivity index (χ4v) is 1.89. The first-order chi connectivity index (χ1) is 11.1. The number of hydrogen-bond donors (Lipinski definition) is 2. The van der Waals surface area contributed by atoms with Crippen LogP contribution < -0.4 is 10.9 Å². The number of amides is 2. The van der Waals surface area contributed by atoms with E-state index < -0.39 is 24.4 Å². The monoisotopic (exact) mass is 376 g/mol. The molecule has 0 aliphatic heterocycles. The van der Waals surface area contributed by atoms with Gasteiger partial charge in [-0.1, -0.05) is 34.1 Å². The number of halogens is 1. The van der Waals surface area contributed by atoms with E-state index in [4.69, 9.17) is 4.74 Å². The summed E-state index contributed by atoms with van der Waals surface area (Å²) in [5.74, 6) is -1.72. The molecule has 0 atom stereocenters. The van der Waals surface area contributed by atoms with Crippen molar-refractivity contribution in [2.24, 2.45) is 0 Å².